The van der Waals surface area contributed by atoms with Crippen LogP contribution in [0.4, 0.5) is 0 Å². The Morgan fingerprint density at radius 1 is 1.17 bits per heavy atom. The zero-order valence-corrected chi connectivity index (χ0v) is 17.9. The number of amides is 1. The van der Waals surface area contributed by atoms with E-state index in [1.54, 1.807) is 52.4 Å². The third-order valence-corrected chi connectivity index (χ3v) is 5.17. The molecule has 154 valence electrons. The Hall–Kier alpha value is -3.15. The van der Waals surface area contributed by atoms with E-state index >= 15 is 0 Å². The number of aromatic nitrogens is 1. The molecule has 0 unspecified atom stereocenters. The van der Waals surface area contributed by atoms with Gasteiger partial charge in [-0.3, -0.25) is 9.59 Å². The Balaban J connectivity index is 2.25. The lowest BCUT2D eigenvalue weighted by atomic mass is 10.00. The van der Waals surface area contributed by atoms with Crippen LogP contribution in [0.2, 0.25) is 0 Å². The van der Waals surface area contributed by atoms with Gasteiger partial charge in [0.2, 0.25) is 5.91 Å². The van der Waals surface area contributed by atoms with Gasteiger partial charge < -0.3 is 14.2 Å². The van der Waals surface area contributed by atoms with Gasteiger partial charge in [-0.25, -0.2) is 4.79 Å². The van der Waals surface area contributed by atoms with Gasteiger partial charge in [0, 0.05) is 31.4 Å². The Morgan fingerprint density at radius 3 is 2.38 bits per heavy atom. The Kier molecular flexibility index (Phi) is 7.15. The monoisotopic (exact) mass is 396 g/mol. The molecular weight excluding hydrogens is 368 g/mol. The van der Waals surface area contributed by atoms with Crippen LogP contribution >= 0.6 is 0 Å². The van der Waals surface area contributed by atoms with Crippen molar-refractivity contribution in [2.75, 3.05) is 13.7 Å². The molecular formula is C23H28N2O4. The van der Waals surface area contributed by atoms with Crippen LogP contribution in [0.15, 0.2) is 36.4 Å². The maximum atomic E-state index is 13.2. The molecule has 0 fully saturated rings. The number of Topliss-reactive ketones (excluding diaryl/α,β-unsaturated/α-hetero) is 1. The fraction of sp³-hybridized carbons (Fsp3) is 0.348. The number of hydrogen-bond donors (Lipinski definition) is 0. The number of ketones is 1. The molecule has 0 aliphatic heterocycles. The fourth-order valence-corrected chi connectivity index (χ4v) is 3.25. The van der Waals surface area contributed by atoms with Crippen LogP contribution in [-0.2, 0) is 16.6 Å². The van der Waals surface area contributed by atoms with Crippen molar-refractivity contribution in [1.29, 1.82) is 0 Å². The predicted molar refractivity (Wildman–Crippen MR) is 113 cm³/mol. The molecule has 0 radical (unpaired) electrons. The minimum Gasteiger partial charge on any atom is -0.461 e. The van der Waals surface area contributed by atoms with Crippen molar-refractivity contribution >= 4 is 23.7 Å². The first-order valence-corrected chi connectivity index (χ1v) is 9.57. The molecule has 0 spiro atoms. The van der Waals surface area contributed by atoms with Crippen LogP contribution in [0, 0.1) is 13.8 Å². The minimum atomic E-state index is -0.683. The van der Waals surface area contributed by atoms with Crippen LogP contribution in [0.3, 0.4) is 0 Å². The lowest BCUT2D eigenvalue weighted by molar-refractivity contribution is -0.125. The SMILES string of the molecule is CCOC(=O)c1c(C)c(C(=O)[C@@H](C)N(C)C(=O)/C=C/c2ccccc2)c(C)n1C. The molecule has 0 bridgehead atoms. The number of rotatable bonds is 7. The van der Waals surface area contributed by atoms with E-state index in [2.05, 4.69) is 0 Å². The summed E-state index contributed by atoms with van der Waals surface area (Å²) in [5.41, 5.74) is 2.96. The van der Waals surface area contributed by atoms with Gasteiger partial charge in [0.1, 0.15) is 5.69 Å². The standard InChI is InChI=1S/C23H28N2O4/c1-7-29-23(28)21-15(2)20(16(3)25(21)6)22(27)17(4)24(5)19(26)14-13-18-11-9-8-10-12-18/h8-14,17H,7H2,1-6H3/b14-13+/t17-/m1/s1. The number of benzene rings is 1. The number of nitrogens with zero attached hydrogens (tertiary/aromatic N) is 2. The van der Waals surface area contributed by atoms with E-state index in [1.165, 1.54) is 11.0 Å². The number of esters is 1. The molecule has 6 nitrogen and oxygen atoms in total. The lowest BCUT2D eigenvalue weighted by Gasteiger charge is -2.23. The fourth-order valence-electron chi connectivity index (χ4n) is 3.25. The summed E-state index contributed by atoms with van der Waals surface area (Å²) in [5, 5.41) is 0. The molecule has 2 rings (SSSR count). The van der Waals surface area contributed by atoms with Crippen molar-refractivity contribution in [3.63, 3.8) is 0 Å². The second-order valence-corrected chi connectivity index (χ2v) is 6.95. The molecule has 2 aromatic rings. The van der Waals surface area contributed by atoms with E-state index in [-0.39, 0.29) is 18.3 Å². The molecule has 29 heavy (non-hydrogen) atoms. The van der Waals surface area contributed by atoms with E-state index in [4.69, 9.17) is 4.74 Å². The van der Waals surface area contributed by atoms with E-state index in [1.807, 2.05) is 30.3 Å². The quantitative estimate of drug-likeness (QED) is 0.408. The molecule has 0 saturated carbocycles. The molecule has 1 atom stereocenters. The molecule has 6 heteroatoms. The van der Waals surface area contributed by atoms with Gasteiger partial charge in [0.05, 0.1) is 12.6 Å². The molecule has 0 aliphatic rings. The van der Waals surface area contributed by atoms with Gasteiger partial charge in [0.15, 0.2) is 5.78 Å². The van der Waals surface area contributed by atoms with Crippen LogP contribution in [-0.4, -0.2) is 46.8 Å². The number of carbonyl (C=O) groups excluding carboxylic acids is 3. The number of hydrogen-bond acceptors (Lipinski definition) is 4. The maximum absolute atomic E-state index is 13.2. The van der Waals surface area contributed by atoms with Crippen LogP contribution in [0.5, 0.6) is 0 Å². The minimum absolute atomic E-state index is 0.213. The predicted octanol–water partition coefficient (Wildman–Crippen LogP) is 3.56. The van der Waals surface area contributed by atoms with Crippen molar-refractivity contribution in [1.82, 2.24) is 9.47 Å². The summed E-state index contributed by atoms with van der Waals surface area (Å²) < 4.78 is 6.78. The first-order chi connectivity index (χ1) is 13.7. The van der Waals surface area contributed by atoms with Crippen molar-refractivity contribution < 1.29 is 19.1 Å². The second kappa shape index (κ2) is 9.37. The molecule has 1 aromatic heterocycles. The summed E-state index contributed by atoms with van der Waals surface area (Å²) >= 11 is 0. The summed E-state index contributed by atoms with van der Waals surface area (Å²) in [5.74, 6) is -0.945. The topological polar surface area (TPSA) is 68.6 Å². The van der Waals surface area contributed by atoms with E-state index in [9.17, 15) is 14.4 Å². The highest BCUT2D eigenvalue weighted by atomic mass is 16.5. The highest BCUT2D eigenvalue weighted by Crippen LogP contribution is 2.24. The van der Waals surface area contributed by atoms with E-state index < -0.39 is 12.0 Å². The molecule has 1 aromatic carbocycles. The van der Waals surface area contributed by atoms with Gasteiger partial charge in [-0.05, 0) is 44.9 Å². The normalized spacial score (nSPS) is 12.1. The highest BCUT2D eigenvalue weighted by molar-refractivity contribution is 6.07. The van der Waals surface area contributed by atoms with E-state index in [0.717, 1.165) is 5.56 Å². The average Bonchev–Trinajstić information content (AvgIpc) is 2.93. The first kappa shape index (κ1) is 22.1. The maximum Gasteiger partial charge on any atom is 0.355 e. The van der Waals surface area contributed by atoms with E-state index in [0.29, 0.717) is 22.5 Å². The summed E-state index contributed by atoms with van der Waals surface area (Å²) in [4.78, 5) is 39.4. The molecule has 1 amide bonds. The van der Waals surface area contributed by atoms with Gasteiger partial charge >= 0.3 is 5.97 Å². The van der Waals surface area contributed by atoms with Gasteiger partial charge in [0.25, 0.3) is 0 Å². The van der Waals surface area contributed by atoms with Gasteiger partial charge in [-0.15, -0.1) is 0 Å². The summed E-state index contributed by atoms with van der Waals surface area (Å²) in [6, 6.07) is 8.79. The summed E-state index contributed by atoms with van der Waals surface area (Å²) in [6.45, 7) is 7.20. The second-order valence-electron chi connectivity index (χ2n) is 6.95. The third kappa shape index (κ3) is 4.65. The zero-order valence-electron chi connectivity index (χ0n) is 17.9. The zero-order chi connectivity index (χ0) is 21.7. The van der Waals surface area contributed by atoms with Crippen molar-refractivity contribution in [2.24, 2.45) is 7.05 Å². The number of ether oxygens (including phenoxy) is 1. The van der Waals surface area contributed by atoms with Crippen LogP contribution in [0.1, 0.15) is 51.5 Å². The Bertz CT molecular complexity index is 942. The number of likely N-dealkylation sites (N-methyl/N-ethyl adjacent to an activating group) is 1. The van der Waals surface area contributed by atoms with Gasteiger partial charge in [-0.1, -0.05) is 30.3 Å². The van der Waals surface area contributed by atoms with Crippen molar-refractivity contribution in [2.45, 2.75) is 33.7 Å². The smallest absolute Gasteiger partial charge is 0.355 e. The summed E-state index contributed by atoms with van der Waals surface area (Å²) in [7, 11) is 3.33. The Labute approximate surface area is 171 Å². The van der Waals surface area contributed by atoms with Crippen molar-refractivity contribution in [3.05, 3.63) is 64.5 Å². The molecule has 0 N–H and O–H groups in total. The average molecular weight is 396 g/mol. The van der Waals surface area contributed by atoms with Crippen LogP contribution in [0.25, 0.3) is 6.08 Å². The highest BCUT2D eigenvalue weighted by Gasteiger charge is 2.30. The molecule has 0 saturated heterocycles. The van der Waals surface area contributed by atoms with Gasteiger partial charge in [-0.2, -0.15) is 0 Å². The molecule has 0 aliphatic carbocycles. The van der Waals surface area contributed by atoms with Crippen molar-refractivity contribution in [3.8, 4) is 0 Å². The number of carbonyl (C=O) groups is 3. The molecule has 1 heterocycles. The van der Waals surface area contributed by atoms with Crippen LogP contribution < -0.4 is 0 Å². The lowest BCUT2D eigenvalue weighted by Crippen LogP contribution is -2.39. The Morgan fingerprint density at radius 2 is 1.79 bits per heavy atom. The summed E-state index contributed by atoms with van der Waals surface area (Å²) in [6.07, 6.45) is 3.17. The largest absolute Gasteiger partial charge is 0.461 e. The third-order valence-electron chi connectivity index (χ3n) is 5.17. The first-order valence-electron chi connectivity index (χ1n) is 9.57.